The predicted octanol–water partition coefficient (Wildman–Crippen LogP) is 2.72. The first-order valence-corrected chi connectivity index (χ1v) is 5.78. The van der Waals surface area contributed by atoms with E-state index in [1.165, 1.54) is 6.92 Å². The van der Waals surface area contributed by atoms with Gasteiger partial charge >= 0.3 is 0 Å². The van der Waals surface area contributed by atoms with Gasteiger partial charge < -0.3 is 15.1 Å². The van der Waals surface area contributed by atoms with Crippen LogP contribution in [-0.2, 0) is 11.3 Å². The van der Waals surface area contributed by atoms with Crippen molar-refractivity contribution in [1.82, 2.24) is 0 Å². The van der Waals surface area contributed by atoms with E-state index >= 15 is 0 Å². The van der Waals surface area contributed by atoms with E-state index in [-0.39, 0.29) is 5.91 Å². The van der Waals surface area contributed by atoms with Crippen molar-refractivity contribution in [3.8, 4) is 6.07 Å². The van der Waals surface area contributed by atoms with Crippen molar-refractivity contribution in [1.29, 1.82) is 5.26 Å². The van der Waals surface area contributed by atoms with Crippen molar-refractivity contribution in [2.24, 2.45) is 0 Å². The van der Waals surface area contributed by atoms with Crippen LogP contribution < -0.4 is 10.6 Å². The van der Waals surface area contributed by atoms with Crippen LogP contribution in [-0.4, -0.2) is 5.91 Å². The number of nitrogens with zero attached hydrogens (tertiary/aromatic N) is 1. The number of hydrogen-bond donors (Lipinski definition) is 2. The van der Waals surface area contributed by atoms with Crippen molar-refractivity contribution in [3.05, 3.63) is 47.9 Å². The van der Waals surface area contributed by atoms with Gasteiger partial charge in [0.05, 0.1) is 6.54 Å². The summed E-state index contributed by atoms with van der Waals surface area (Å²) in [6.07, 6.45) is 0. The Morgan fingerprint density at radius 3 is 2.47 bits per heavy atom. The molecule has 19 heavy (non-hydrogen) atoms. The van der Waals surface area contributed by atoms with Crippen molar-refractivity contribution < 1.29 is 9.21 Å². The summed E-state index contributed by atoms with van der Waals surface area (Å²) in [4.78, 5) is 10.9. The van der Waals surface area contributed by atoms with Crippen LogP contribution in [0.3, 0.4) is 0 Å². The minimum absolute atomic E-state index is 0.0969. The van der Waals surface area contributed by atoms with Crippen molar-refractivity contribution in [3.63, 3.8) is 0 Å². The fourth-order valence-electron chi connectivity index (χ4n) is 1.60. The van der Waals surface area contributed by atoms with Gasteiger partial charge in [0.1, 0.15) is 11.8 Å². The molecule has 2 N–H and O–H groups in total. The highest BCUT2D eigenvalue weighted by molar-refractivity contribution is 5.88. The molecular weight excluding hydrogens is 242 g/mol. The third kappa shape index (κ3) is 3.61. The fraction of sp³-hybridized carbons (Fsp3) is 0.143. The van der Waals surface area contributed by atoms with Crippen LogP contribution in [0.5, 0.6) is 0 Å². The Kier molecular flexibility index (Phi) is 3.84. The van der Waals surface area contributed by atoms with Gasteiger partial charge in [0.2, 0.25) is 11.7 Å². The molecular formula is C14H13N3O2. The minimum atomic E-state index is -0.0969. The quantitative estimate of drug-likeness (QED) is 0.880. The predicted molar refractivity (Wildman–Crippen MR) is 71.5 cm³/mol. The van der Waals surface area contributed by atoms with E-state index in [2.05, 4.69) is 10.6 Å². The van der Waals surface area contributed by atoms with Gasteiger partial charge in [0, 0.05) is 18.3 Å². The third-order valence-electron chi connectivity index (χ3n) is 2.44. The molecule has 5 nitrogen and oxygen atoms in total. The number of anilines is 2. The van der Waals surface area contributed by atoms with Crippen LogP contribution in [0.4, 0.5) is 11.4 Å². The molecule has 1 amide bonds. The van der Waals surface area contributed by atoms with Crippen LogP contribution in [0.1, 0.15) is 18.4 Å². The normalized spacial score (nSPS) is 9.68. The smallest absolute Gasteiger partial charge is 0.221 e. The standard InChI is InChI=1S/C14H13N3O2/c1-10(18)17-12-4-2-11(3-5-12)16-9-14-7-6-13(8-15)19-14/h2-7,16H,9H2,1H3,(H,17,18). The lowest BCUT2D eigenvalue weighted by molar-refractivity contribution is -0.114. The zero-order chi connectivity index (χ0) is 13.7. The first-order chi connectivity index (χ1) is 9.17. The molecule has 0 bridgehead atoms. The Hall–Kier alpha value is -2.74. The maximum atomic E-state index is 10.9. The largest absolute Gasteiger partial charge is 0.449 e. The van der Waals surface area contributed by atoms with Crippen molar-refractivity contribution in [2.45, 2.75) is 13.5 Å². The zero-order valence-corrected chi connectivity index (χ0v) is 10.4. The summed E-state index contributed by atoms with van der Waals surface area (Å²) < 4.78 is 5.25. The van der Waals surface area contributed by atoms with Crippen LogP contribution in [0.25, 0.3) is 0 Å². The number of nitriles is 1. The lowest BCUT2D eigenvalue weighted by atomic mass is 10.2. The van der Waals surface area contributed by atoms with E-state index in [4.69, 9.17) is 9.68 Å². The molecule has 5 heteroatoms. The number of carbonyl (C=O) groups excluding carboxylic acids is 1. The number of rotatable bonds is 4. The molecule has 0 saturated heterocycles. The Balaban J connectivity index is 1.93. The lowest BCUT2D eigenvalue weighted by Crippen LogP contribution is -2.05. The highest BCUT2D eigenvalue weighted by Crippen LogP contribution is 2.15. The van der Waals surface area contributed by atoms with Crippen LogP contribution >= 0.6 is 0 Å². The summed E-state index contributed by atoms with van der Waals surface area (Å²) in [6, 6.07) is 12.7. The first kappa shape index (κ1) is 12.7. The zero-order valence-electron chi connectivity index (χ0n) is 10.4. The lowest BCUT2D eigenvalue weighted by Gasteiger charge is -2.06. The maximum absolute atomic E-state index is 10.9. The second-order valence-corrected chi connectivity index (χ2v) is 3.99. The van der Waals surface area contributed by atoms with E-state index in [1.54, 1.807) is 12.1 Å². The summed E-state index contributed by atoms with van der Waals surface area (Å²) in [7, 11) is 0. The number of furan rings is 1. The van der Waals surface area contributed by atoms with Gasteiger partial charge in [-0.2, -0.15) is 5.26 Å². The molecule has 2 rings (SSSR count). The molecule has 0 radical (unpaired) electrons. The minimum Gasteiger partial charge on any atom is -0.449 e. The number of nitrogens with one attached hydrogen (secondary N) is 2. The Bertz CT molecular complexity index is 608. The molecule has 0 atom stereocenters. The molecule has 1 heterocycles. The summed E-state index contributed by atoms with van der Waals surface area (Å²) in [5, 5.41) is 14.5. The molecule has 0 unspecified atom stereocenters. The molecule has 2 aromatic rings. The summed E-state index contributed by atoms with van der Waals surface area (Å²) in [5.74, 6) is 0.903. The van der Waals surface area contributed by atoms with E-state index in [9.17, 15) is 4.79 Å². The number of benzene rings is 1. The molecule has 0 fully saturated rings. The summed E-state index contributed by atoms with van der Waals surface area (Å²) in [5.41, 5.74) is 1.66. The van der Waals surface area contributed by atoms with E-state index < -0.39 is 0 Å². The highest BCUT2D eigenvalue weighted by atomic mass is 16.3. The summed E-state index contributed by atoms with van der Waals surface area (Å²) >= 11 is 0. The first-order valence-electron chi connectivity index (χ1n) is 5.78. The van der Waals surface area contributed by atoms with Gasteiger partial charge in [-0.3, -0.25) is 4.79 Å². The molecule has 0 saturated carbocycles. The Morgan fingerprint density at radius 1 is 1.21 bits per heavy atom. The number of hydrogen-bond acceptors (Lipinski definition) is 4. The monoisotopic (exact) mass is 255 g/mol. The van der Waals surface area contributed by atoms with Crippen molar-refractivity contribution in [2.75, 3.05) is 10.6 Å². The van der Waals surface area contributed by atoms with E-state index in [0.717, 1.165) is 11.4 Å². The molecule has 0 aliphatic carbocycles. The molecule has 0 aliphatic rings. The third-order valence-corrected chi connectivity index (χ3v) is 2.44. The average molecular weight is 255 g/mol. The number of amides is 1. The van der Waals surface area contributed by atoms with Gasteiger partial charge in [-0.05, 0) is 36.4 Å². The van der Waals surface area contributed by atoms with Crippen LogP contribution in [0.15, 0.2) is 40.8 Å². The van der Waals surface area contributed by atoms with Gasteiger partial charge in [-0.15, -0.1) is 0 Å². The van der Waals surface area contributed by atoms with E-state index in [1.807, 2.05) is 30.3 Å². The molecule has 0 aliphatic heterocycles. The van der Waals surface area contributed by atoms with Crippen molar-refractivity contribution >= 4 is 17.3 Å². The molecule has 96 valence electrons. The Labute approximate surface area is 110 Å². The highest BCUT2D eigenvalue weighted by Gasteiger charge is 2.01. The van der Waals surface area contributed by atoms with E-state index in [0.29, 0.717) is 18.1 Å². The second-order valence-electron chi connectivity index (χ2n) is 3.99. The molecule has 1 aromatic carbocycles. The molecule has 0 spiro atoms. The van der Waals surface area contributed by atoms with Crippen LogP contribution in [0.2, 0.25) is 0 Å². The summed E-state index contributed by atoms with van der Waals surface area (Å²) in [6.45, 7) is 1.97. The van der Waals surface area contributed by atoms with Gasteiger partial charge in [0.15, 0.2) is 0 Å². The molecule has 1 aromatic heterocycles. The Morgan fingerprint density at radius 2 is 1.89 bits per heavy atom. The van der Waals surface area contributed by atoms with Gasteiger partial charge in [0.25, 0.3) is 0 Å². The van der Waals surface area contributed by atoms with Crippen LogP contribution in [0, 0.1) is 11.3 Å². The number of carbonyl (C=O) groups is 1. The second kappa shape index (κ2) is 5.74. The van der Waals surface area contributed by atoms with Gasteiger partial charge in [-0.25, -0.2) is 0 Å². The maximum Gasteiger partial charge on any atom is 0.221 e. The van der Waals surface area contributed by atoms with Gasteiger partial charge in [-0.1, -0.05) is 0 Å². The fourth-order valence-corrected chi connectivity index (χ4v) is 1.60. The SMILES string of the molecule is CC(=O)Nc1ccc(NCc2ccc(C#N)o2)cc1. The average Bonchev–Trinajstić information content (AvgIpc) is 2.85. The topological polar surface area (TPSA) is 78.1 Å².